The number of nitrogens with one attached hydrogen (secondary N) is 1. The summed E-state index contributed by atoms with van der Waals surface area (Å²) in [5, 5.41) is 14.2. The summed E-state index contributed by atoms with van der Waals surface area (Å²) in [6.45, 7) is 0.464. The molecule has 2 aromatic carbocycles. The topological polar surface area (TPSA) is 55.2 Å². The number of nitrogens with zero attached hydrogens (tertiary/aromatic N) is 1. The van der Waals surface area contributed by atoms with Crippen LogP contribution in [-0.2, 0) is 6.42 Å². The van der Waals surface area contributed by atoms with Crippen molar-refractivity contribution >= 4 is 23.0 Å². The van der Waals surface area contributed by atoms with Crippen LogP contribution in [0, 0.1) is 15.9 Å². The zero-order valence-corrected chi connectivity index (χ0v) is 11.2. The summed E-state index contributed by atoms with van der Waals surface area (Å²) in [5.74, 6) is -0.292. The molecule has 1 N–H and O–H groups in total. The van der Waals surface area contributed by atoms with Crippen molar-refractivity contribution in [3.8, 4) is 0 Å². The van der Waals surface area contributed by atoms with Crippen molar-refractivity contribution in [1.29, 1.82) is 0 Å². The van der Waals surface area contributed by atoms with Gasteiger partial charge in [-0.25, -0.2) is 4.39 Å². The van der Waals surface area contributed by atoms with E-state index < -0.39 is 4.92 Å². The van der Waals surface area contributed by atoms with Crippen LogP contribution in [0.5, 0.6) is 0 Å². The van der Waals surface area contributed by atoms with Gasteiger partial charge in [-0.1, -0.05) is 23.7 Å². The van der Waals surface area contributed by atoms with Gasteiger partial charge in [0.25, 0.3) is 5.69 Å². The first-order valence-corrected chi connectivity index (χ1v) is 6.36. The molecule has 0 bridgehead atoms. The third-order valence-electron chi connectivity index (χ3n) is 2.77. The molecule has 0 saturated carbocycles. The van der Waals surface area contributed by atoms with Crippen LogP contribution in [0.15, 0.2) is 42.5 Å². The molecule has 104 valence electrons. The summed E-state index contributed by atoms with van der Waals surface area (Å²) in [6, 6.07) is 10.7. The van der Waals surface area contributed by atoms with Gasteiger partial charge in [-0.2, -0.15) is 0 Å². The molecule has 0 aliphatic carbocycles. The zero-order valence-electron chi connectivity index (χ0n) is 10.5. The Morgan fingerprint density at radius 2 is 2.05 bits per heavy atom. The Morgan fingerprint density at radius 3 is 2.75 bits per heavy atom. The Kier molecular flexibility index (Phi) is 4.53. The Balaban J connectivity index is 2.02. The van der Waals surface area contributed by atoms with Gasteiger partial charge in [0, 0.05) is 17.6 Å². The average molecular weight is 295 g/mol. The minimum absolute atomic E-state index is 0.0725. The summed E-state index contributed by atoms with van der Waals surface area (Å²) in [5.41, 5.74) is 1.15. The molecule has 2 aromatic rings. The van der Waals surface area contributed by atoms with Gasteiger partial charge in [0.1, 0.15) is 11.5 Å². The number of benzene rings is 2. The van der Waals surface area contributed by atoms with Crippen LogP contribution in [0.2, 0.25) is 5.02 Å². The Hall–Kier alpha value is -2.14. The lowest BCUT2D eigenvalue weighted by Crippen LogP contribution is -2.07. The number of nitro benzene ring substituents is 1. The molecular weight excluding hydrogens is 283 g/mol. The molecule has 0 aliphatic rings. The molecule has 0 unspecified atom stereocenters. The molecule has 0 aromatic heterocycles. The average Bonchev–Trinajstić information content (AvgIpc) is 2.40. The fourth-order valence-corrected chi connectivity index (χ4v) is 2.01. The first kappa shape index (κ1) is 14.3. The van der Waals surface area contributed by atoms with Crippen LogP contribution in [0.4, 0.5) is 15.8 Å². The van der Waals surface area contributed by atoms with Crippen molar-refractivity contribution in [2.75, 3.05) is 11.9 Å². The molecule has 6 heteroatoms. The SMILES string of the molecule is O=[N+]([O-])c1cc(Cl)ccc1NCCc1cccc(F)c1. The van der Waals surface area contributed by atoms with E-state index in [1.807, 2.05) is 0 Å². The van der Waals surface area contributed by atoms with E-state index in [1.54, 1.807) is 24.3 Å². The van der Waals surface area contributed by atoms with Gasteiger partial charge in [-0.15, -0.1) is 0 Å². The third kappa shape index (κ3) is 3.68. The highest BCUT2D eigenvalue weighted by Gasteiger charge is 2.13. The second kappa shape index (κ2) is 6.34. The van der Waals surface area contributed by atoms with E-state index in [0.717, 1.165) is 5.56 Å². The van der Waals surface area contributed by atoms with Crippen LogP contribution in [0.3, 0.4) is 0 Å². The molecule has 0 aliphatic heterocycles. The second-order valence-corrected chi connectivity index (χ2v) is 4.66. The lowest BCUT2D eigenvalue weighted by molar-refractivity contribution is -0.383. The molecule has 0 atom stereocenters. The highest BCUT2D eigenvalue weighted by molar-refractivity contribution is 6.30. The number of rotatable bonds is 5. The lowest BCUT2D eigenvalue weighted by Gasteiger charge is -2.07. The standard InChI is InChI=1S/C14H12ClFN2O2/c15-11-4-5-13(14(9-11)18(19)20)17-7-6-10-2-1-3-12(16)8-10/h1-5,8-9,17H,6-7H2. The van der Waals surface area contributed by atoms with Gasteiger partial charge in [-0.05, 0) is 36.2 Å². The van der Waals surface area contributed by atoms with Crippen molar-refractivity contribution in [2.24, 2.45) is 0 Å². The van der Waals surface area contributed by atoms with Gasteiger partial charge >= 0.3 is 0 Å². The quantitative estimate of drug-likeness (QED) is 0.669. The Bertz CT molecular complexity index is 634. The largest absolute Gasteiger partial charge is 0.379 e. The van der Waals surface area contributed by atoms with Crippen LogP contribution < -0.4 is 5.32 Å². The first-order chi connectivity index (χ1) is 9.56. The molecule has 0 saturated heterocycles. The lowest BCUT2D eigenvalue weighted by atomic mass is 10.1. The summed E-state index contributed by atoms with van der Waals surface area (Å²) < 4.78 is 13.0. The molecule has 0 heterocycles. The van der Waals surface area contributed by atoms with E-state index in [-0.39, 0.29) is 11.5 Å². The van der Waals surface area contributed by atoms with E-state index >= 15 is 0 Å². The highest BCUT2D eigenvalue weighted by atomic mass is 35.5. The molecule has 0 spiro atoms. The number of hydrogen-bond acceptors (Lipinski definition) is 3. The predicted octanol–water partition coefficient (Wildman–Crippen LogP) is 4.04. The molecule has 0 fully saturated rings. The highest BCUT2D eigenvalue weighted by Crippen LogP contribution is 2.27. The van der Waals surface area contributed by atoms with E-state index in [9.17, 15) is 14.5 Å². The maximum absolute atomic E-state index is 13.0. The fourth-order valence-electron chi connectivity index (χ4n) is 1.84. The smallest absolute Gasteiger partial charge is 0.293 e. The van der Waals surface area contributed by atoms with Gasteiger partial charge in [0.2, 0.25) is 0 Å². The molecule has 0 amide bonds. The molecule has 0 radical (unpaired) electrons. The normalized spacial score (nSPS) is 10.3. The van der Waals surface area contributed by atoms with E-state index in [2.05, 4.69) is 5.32 Å². The van der Waals surface area contributed by atoms with Gasteiger partial charge in [-0.3, -0.25) is 10.1 Å². The number of nitro groups is 1. The molecule has 4 nitrogen and oxygen atoms in total. The van der Waals surface area contributed by atoms with Crippen LogP contribution in [-0.4, -0.2) is 11.5 Å². The predicted molar refractivity (Wildman–Crippen MR) is 76.7 cm³/mol. The molecular formula is C14H12ClFN2O2. The Labute approximate surface area is 120 Å². The van der Waals surface area contributed by atoms with Gasteiger partial charge in [0.05, 0.1) is 4.92 Å². The molecule has 2 rings (SSSR count). The van der Waals surface area contributed by atoms with E-state index in [0.29, 0.717) is 23.7 Å². The summed E-state index contributed by atoms with van der Waals surface area (Å²) in [6.07, 6.45) is 0.567. The summed E-state index contributed by atoms with van der Waals surface area (Å²) in [4.78, 5) is 10.4. The van der Waals surface area contributed by atoms with Crippen molar-refractivity contribution in [3.05, 3.63) is 69.0 Å². The zero-order chi connectivity index (χ0) is 14.5. The number of hydrogen-bond donors (Lipinski definition) is 1. The second-order valence-electron chi connectivity index (χ2n) is 4.23. The maximum Gasteiger partial charge on any atom is 0.293 e. The van der Waals surface area contributed by atoms with Gasteiger partial charge < -0.3 is 5.32 Å². The van der Waals surface area contributed by atoms with E-state index in [1.165, 1.54) is 18.2 Å². The van der Waals surface area contributed by atoms with Crippen LogP contribution in [0.1, 0.15) is 5.56 Å². The van der Waals surface area contributed by atoms with Crippen LogP contribution in [0.25, 0.3) is 0 Å². The van der Waals surface area contributed by atoms with Crippen molar-refractivity contribution < 1.29 is 9.31 Å². The maximum atomic E-state index is 13.0. The van der Waals surface area contributed by atoms with Crippen molar-refractivity contribution in [1.82, 2.24) is 0 Å². The van der Waals surface area contributed by atoms with Crippen molar-refractivity contribution in [2.45, 2.75) is 6.42 Å². The fraction of sp³-hybridized carbons (Fsp3) is 0.143. The van der Waals surface area contributed by atoms with E-state index in [4.69, 9.17) is 11.6 Å². The summed E-state index contributed by atoms with van der Waals surface area (Å²) >= 11 is 5.73. The molecule has 20 heavy (non-hydrogen) atoms. The van der Waals surface area contributed by atoms with Crippen LogP contribution >= 0.6 is 11.6 Å². The third-order valence-corrected chi connectivity index (χ3v) is 3.01. The summed E-state index contributed by atoms with van der Waals surface area (Å²) in [7, 11) is 0. The minimum Gasteiger partial charge on any atom is -0.379 e. The Morgan fingerprint density at radius 1 is 1.25 bits per heavy atom. The number of anilines is 1. The minimum atomic E-state index is -0.490. The first-order valence-electron chi connectivity index (χ1n) is 5.98. The monoisotopic (exact) mass is 294 g/mol. The number of halogens is 2. The van der Waals surface area contributed by atoms with Crippen molar-refractivity contribution in [3.63, 3.8) is 0 Å². The van der Waals surface area contributed by atoms with Gasteiger partial charge in [0.15, 0.2) is 0 Å².